The van der Waals surface area contributed by atoms with E-state index in [4.69, 9.17) is 10.2 Å². The molecule has 1 rings (SSSR count). The highest BCUT2D eigenvalue weighted by Gasteiger charge is 2.27. The second-order valence-corrected chi connectivity index (χ2v) is 5.31. The molecule has 2 N–H and O–H groups in total. The highest BCUT2D eigenvalue weighted by molar-refractivity contribution is 5.74. The van der Waals surface area contributed by atoms with E-state index in [1.54, 1.807) is 23.8 Å². The molecular formula is C13H24N2O4. The molecule has 0 spiro atoms. The third-order valence-electron chi connectivity index (χ3n) is 3.78. The van der Waals surface area contributed by atoms with E-state index < -0.39 is 5.97 Å². The van der Waals surface area contributed by atoms with E-state index in [9.17, 15) is 9.59 Å². The van der Waals surface area contributed by atoms with Crippen molar-refractivity contribution < 1.29 is 19.8 Å². The lowest BCUT2D eigenvalue weighted by Crippen LogP contribution is -2.49. The molecule has 0 aromatic carbocycles. The number of carboxylic acids is 1. The van der Waals surface area contributed by atoms with Gasteiger partial charge < -0.3 is 20.0 Å². The summed E-state index contributed by atoms with van der Waals surface area (Å²) in [7, 11) is 1.68. The van der Waals surface area contributed by atoms with Crippen molar-refractivity contribution in [3.05, 3.63) is 0 Å². The molecule has 0 aromatic heterocycles. The first-order valence-electron chi connectivity index (χ1n) is 6.80. The van der Waals surface area contributed by atoms with Crippen LogP contribution in [-0.4, -0.2) is 64.8 Å². The summed E-state index contributed by atoms with van der Waals surface area (Å²) in [6.07, 6.45) is 2.68. The van der Waals surface area contributed by atoms with Gasteiger partial charge in [-0.25, -0.2) is 4.79 Å². The summed E-state index contributed by atoms with van der Waals surface area (Å²) in [5.41, 5.74) is 0. The van der Waals surface area contributed by atoms with Gasteiger partial charge in [-0.1, -0.05) is 0 Å². The van der Waals surface area contributed by atoms with Crippen molar-refractivity contribution >= 4 is 12.0 Å². The minimum Gasteiger partial charge on any atom is -0.481 e. The van der Waals surface area contributed by atoms with Crippen molar-refractivity contribution in [2.45, 2.75) is 38.6 Å². The molecule has 2 atom stereocenters. The van der Waals surface area contributed by atoms with Crippen LogP contribution in [-0.2, 0) is 4.79 Å². The quantitative estimate of drug-likeness (QED) is 0.782. The number of amides is 2. The molecule has 1 aliphatic rings. The van der Waals surface area contributed by atoms with Gasteiger partial charge in [0.05, 0.1) is 12.6 Å². The van der Waals surface area contributed by atoms with Crippen LogP contribution in [0.3, 0.4) is 0 Å². The number of carbonyl (C=O) groups is 2. The zero-order valence-electron chi connectivity index (χ0n) is 11.7. The Hall–Kier alpha value is -1.30. The molecule has 1 aliphatic heterocycles. The molecule has 1 saturated heterocycles. The Morgan fingerprint density at radius 2 is 2.16 bits per heavy atom. The topological polar surface area (TPSA) is 81.1 Å². The van der Waals surface area contributed by atoms with Crippen LogP contribution in [0.4, 0.5) is 4.79 Å². The molecule has 0 aromatic rings. The van der Waals surface area contributed by atoms with E-state index in [1.807, 2.05) is 0 Å². The second kappa shape index (κ2) is 7.33. The van der Waals surface area contributed by atoms with E-state index in [2.05, 4.69) is 0 Å². The minimum absolute atomic E-state index is 0.0570. The molecule has 1 heterocycles. The molecule has 0 saturated carbocycles. The van der Waals surface area contributed by atoms with E-state index >= 15 is 0 Å². The van der Waals surface area contributed by atoms with Gasteiger partial charge in [-0.15, -0.1) is 0 Å². The lowest BCUT2D eigenvalue weighted by atomic mass is 9.93. The zero-order valence-corrected chi connectivity index (χ0v) is 11.7. The van der Waals surface area contributed by atoms with Gasteiger partial charge >= 0.3 is 12.0 Å². The lowest BCUT2D eigenvalue weighted by molar-refractivity contribution is -0.137. The second-order valence-electron chi connectivity index (χ2n) is 5.31. The van der Waals surface area contributed by atoms with Crippen molar-refractivity contribution in [3.8, 4) is 0 Å². The first kappa shape index (κ1) is 15.8. The SMILES string of the molecule is CC(CO)N(C)C(=O)N1CCCC(CCC(=O)O)C1. The lowest BCUT2D eigenvalue weighted by Gasteiger charge is -2.36. The summed E-state index contributed by atoms with van der Waals surface area (Å²) >= 11 is 0. The van der Waals surface area contributed by atoms with Crippen molar-refractivity contribution in [2.24, 2.45) is 5.92 Å². The number of aliphatic hydroxyl groups excluding tert-OH is 1. The predicted molar refractivity (Wildman–Crippen MR) is 70.9 cm³/mol. The molecule has 19 heavy (non-hydrogen) atoms. The Balaban J connectivity index is 2.49. The molecule has 2 amide bonds. The summed E-state index contributed by atoms with van der Waals surface area (Å²) in [6, 6.07) is -0.284. The Morgan fingerprint density at radius 3 is 2.74 bits per heavy atom. The van der Waals surface area contributed by atoms with Crippen LogP contribution in [0, 0.1) is 5.92 Å². The van der Waals surface area contributed by atoms with Gasteiger partial charge in [0.15, 0.2) is 0 Å². The van der Waals surface area contributed by atoms with Gasteiger partial charge in [0.25, 0.3) is 0 Å². The number of aliphatic carboxylic acids is 1. The molecule has 2 unspecified atom stereocenters. The smallest absolute Gasteiger partial charge is 0.320 e. The van der Waals surface area contributed by atoms with E-state index in [-0.39, 0.29) is 31.0 Å². The summed E-state index contributed by atoms with van der Waals surface area (Å²) in [4.78, 5) is 26.1. The van der Waals surface area contributed by atoms with Gasteiger partial charge in [0, 0.05) is 26.6 Å². The average Bonchev–Trinajstić information content (AvgIpc) is 2.42. The zero-order chi connectivity index (χ0) is 14.4. The first-order valence-corrected chi connectivity index (χ1v) is 6.80. The molecule has 0 bridgehead atoms. The molecule has 1 fully saturated rings. The average molecular weight is 272 g/mol. The minimum atomic E-state index is -0.783. The van der Waals surface area contributed by atoms with Gasteiger partial charge in [-0.05, 0) is 32.1 Å². The van der Waals surface area contributed by atoms with Gasteiger partial charge in [-0.3, -0.25) is 4.79 Å². The van der Waals surface area contributed by atoms with E-state index in [0.717, 1.165) is 12.8 Å². The number of hydrogen-bond acceptors (Lipinski definition) is 3. The van der Waals surface area contributed by atoms with Crippen molar-refractivity contribution in [2.75, 3.05) is 26.7 Å². The Labute approximate surface area is 114 Å². The third kappa shape index (κ3) is 4.70. The standard InChI is InChI=1S/C13H24N2O4/c1-10(9-16)14(2)13(19)15-7-3-4-11(8-15)5-6-12(17)18/h10-11,16H,3-9H2,1-2H3,(H,17,18). The summed E-state index contributed by atoms with van der Waals surface area (Å²) in [5, 5.41) is 17.8. The molecule has 110 valence electrons. The predicted octanol–water partition coefficient (Wildman–Crippen LogP) is 0.996. The number of likely N-dealkylation sites (N-methyl/N-ethyl adjacent to an activating group) is 1. The summed E-state index contributed by atoms with van der Waals surface area (Å²) in [6.45, 7) is 3.07. The monoisotopic (exact) mass is 272 g/mol. The van der Waals surface area contributed by atoms with Crippen molar-refractivity contribution in [1.29, 1.82) is 0 Å². The number of urea groups is 1. The number of nitrogens with zero attached hydrogens (tertiary/aromatic N) is 2. The maximum absolute atomic E-state index is 12.2. The number of likely N-dealkylation sites (tertiary alicyclic amines) is 1. The van der Waals surface area contributed by atoms with Crippen LogP contribution in [0.25, 0.3) is 0 Å². The Kier molecular flexibility index (Phi) is 6.08. The number of rotatable bonds is 5. The Morgan fingerprint density at radius 1 is 1.47 bits per heavy atom. The van der Waals surface area contributed by atoms with Crippen molar-refractivity contribution in [1.82, 2.24) is 9.80 Å². The highest BCUT2D eigenvalue weighted by atomic mass is 16.4. The maximum Gasteiger partial charge on any atom is 0.320 e. The fourth-order valence-electron chi connectivity index (χ4n) is 2.34. The fraction of sp³-hybridized carbons (Fsp3) is 0.846. The number of carboxylic acid groups (broad SMARTS) is 1. The maximum atomic E-state index is 12.2. The van der Waals surface area contributed by atoms with Crippen LogP contribution < -0.4 is 0 Å². The molecule has 0 aliphatic carbocycles. The fourth-order valence-corrected chi connectivity index (χ4v) is 2.34. The van der Waals surface area contributed by atoms with Gasteiger partial charge in [0.2, 0.25) is 0 Å². The largest absolute Gasteiger partial charge is 0.481 e. The van der Waals surface area contributed by atoms with E-state index in [0.29, 0.717) is 19.5 Å². The number of hydrogen-bond donors (Lipinski definition) is 2. The molecule has 6 nitrogen and oxygen atoms in total. The summed E-state index contributed by atoms with van der Waals surface area (Å²) < 4.78 is 0. The number of piperidine rings is 1. The van der Waals surface area contributed by atoms with Crippen LogP contribution in [0.1, 0.15) is 32.6 Å². The first-order chi connectivity index (χ1) is 8.95. The number of carbonyl (C=O) groups excluding carboxylic acids is 1. The normalized spacial score (nSPS) is 21.0. The van der Waals surface area contributed by atoms with Crippen LogP contribution >= 0.6 is 0 Å². The van der Waals surface area contributed by atoms with Gasteiger partial charge in [0.1, 0.15) is 0 Å². The van der Waals surface area contributed by atoms with Crippen molar-refractivity contribution in [3.63, 3.8) is 0 Å². The van der Waals surface area contributed by atoms with Crippen LogP contribution in [0.5, 0.6) is 0 Å². The van der Waals surface area contributed by atoms with Crippen LogP contribution in [0.15, 0.2) is 0 Å². The van der Waals surface area contributed by atoms with Crippen LogP contribution in [0.2, 0.25) is 0 Å². The summed E-state index contributed by atoms with van der Waals surface area (Å²) in [5.74, 6) is -0.513. The Bertz CT molecular complexity index is 322. The van der Waals surface area contributed by atoms with E-state index in [1.165, 1.54) is 0 Å². The van der Waals surface area contributed by atoms with Gasteiger partial charge in [-0.2, -0.15) is 0 Å². The molecular weight excluding hydrogens is 248 g/mol. The number of aliphatic hydroxyl groups is 1. The third-order valence-corrected chi connectivity index (χ3v) is 3.78. The highest BCUT2D eigenvalue weighted by Crippen LogP contribution is 2.22. The molecule has 0 radical (unpaired) electrons. The molecule has 6 heteroatoms.